The van der Waals surface area contributed by atoms with Gasteiger partial charge < -0.3 is 10.1 Å². The quantitative estimate of drug-likeness (QED) is 0.844. The highest BCUT2D eigenvalue weighted by molar-refractivity contribution is 7.93. The van der Waals surface area contributed by atoms with Crippen LogP contribution in [0.15, 0.2) is 48.5 Å². The van der Waals surface area contributed by atoms with Crippen molar-refractivity contribution in [2.24, 2.45) is 0 Å². The second-order valence-electron chi connectivity index (χ2n) is 5.99. The second-order valence-corrected chi connectivity index (χ2v) is 8.44. The number of rotatable bonds is 5. The van der Waals surface area contributed by atoms with Crippen LogP contribution in [0, 0.1) is 0 Å². The number of halogens is 1. The fourth-order valence-electron chi connectivity index (χ4n) is 2.66. The first kappa shape index (κ1) is 18.5. The van der Waals surface area contributed by atoms with Crippen LogP contribution in [0.2, 0.25) is 5.02 Å². The van der Waals surface area contributed by atoms with E-state index >= 15 is 0 Å². The highest BCUT2D eigenvalue weighted by Gasteiger charge is 2.28. The molecule has 1 saturated heterocycles. The van der Waals surface area contributed by atoms with Gasteiger partial charge in [-0.3, -0.25) is 9.10 Å². The van der Waals surface area contributed by atoms with E-state index < -0.39 is 16.1 Å². The maximum atomic E-state index is 12.3. The average Bonchev–Trinajstić information content (AvgIpc) is 2.97. The van der Waals surface area contributed by atoms with E-state index in [1.165, 1.54) is 4.31 Å². The zero-order chi connectivity index (χ0) is 18.7. The molecule has 0 aliphatic carbocycles. The van der Waals surface area contributed by atoms with Gasteiger partial charge in [-0.05, 0) is 61.9 Å². The molecule has 26 heavy (non-hydrogen) atoms. The van der Waals surface area contributed by atoms with Crippen molar-refractivity contribution < 1.29 is 17.9 Å². The molecule has 0 aromatic heterocycles. The van der Waals surface area contributed by atoms with Gasteiger partial charge in [0.25, 0.3) is 5.91 Å². The lowest BCUT2D eigenvalue weighted by atomic mass is 10.2. The molecule has 2 aromatic rings. The standard InChI is InChI=1S/C18H19ClN2O4S/c1-13(25-17-9-3-14(19)4-10-17)18(22)20-15-5-7-16(8-6-15)21-11-2-12-26(21,23)24/h3-10,13H,2,11-12H2,1H3,(H,20,22)/t13-/m1/s1. The minimum absolute atomic E-state index is 0.172. The monoisotopic (exact) mass is 394 g/mol. The van der Waals surface area contributed by atoms with Gasteiger partial charge in [-0.25, -0.2) is 8.42 Å². The van der Waals surface area contributed by atoms with Crippen LogP contribution in [-0.2, 0) is 14.8 Å². The number of ether oxygens (including phenoxy) is 1. The number of anilines is 2. The lowest BCUT2D eigenvalue weighted by Crippen LogP contribution is -2.30. The molecule has 1 aliphatic rings. The molecule has 0 radical (unpaired) electrons. The van der Waals surface area contributed by atoms with E-state index in [-0.39, 0.29) is 11.7 Å². The first-order chi connectivity index (χ1) is 12.3. The fourth-order valence-corrected chi connectivity index (χ4v) is 4.35. The average molecular weight is 395 g/mol. The number of carbonyl (C=O) groups excluding carboxylic acids is 1. The predicted molar refractivity (Wildman–Crippen MR) is 102 cm³/mol. The van der Waals surface area contributed by atoms with Crippen molar-refractivity contribution in [3.8, 4) is 5.75 Å². The van der Waals surface area contributed by atoms with Gasteiger partial charge in [0.05, 0.1) is 11.4 Å². The Bertz CT molecular complexity index is 882. The minimum atomic E-state index is -3.21. The molecule has 2 aromatic carbocycles. The minimum Gasteiger partial charge on any atom is -0.481 e. The van der Waals surface area contributed by atoms with Gasteiger partial charge in [-0.2, -0.15) is 0 Å². The molecule has 1 aliphatic heterocycles. The fraction of sp³-hybridized carbons (Fsp3) is 0.278. The SMILES string of the molecule is C[C@@H](Oc1ccc(Cl)cc1)C(=O)Nc1ccc(N2CCCS2(=O)=O)cc1. The predicted octanol–water partition coefficient (Wildman–Crippen LogP) is 3.29. The molecule has 1 atom stereocenters. The largest absolute Gasteiger partial charge is 0.481 e. The van der Waals surface area contributed by atoms with Crippen LogP contribution in [0.3, 0.4) is 0 Å². The Hall–Kier alpha value is -2.25. The molecule has 3 rings (SSSR count). The van der Waals surface area contributed by atoms with Gasteiger partial charge in [0.2, 0.25) is 10.0 Å². The molecule has 0 bridgehead atoms. The number of benzene rings is 2. The van der Waals surface area contributed by atoms with E-state index in [9.17, 15) is 13.2 Å². The third-order valence-electron chi connectivity index (χ3n) is 4.02. The Morgan fingerprint density at radius 2 is 1.81 bits per heavy atom. The smallest absolute Gasteiger partial charge is 0.265 e. The number of nitrogens with zero attached hydrogens (tertiary/aromatic N) is 1. The van der Waals surface area contributed by atoms with Gasteiger partial charge in [0.1, 0.15) is 5.75 Å². The van der Waals surface area contributed by atoms with Crippen molar-refractivity contribution in [2.45, 2.75) is 19.4 Å². The molecule has 0 unspecified atom stereocenters. The van der Waals surface area contributed by atoms with Crippen LogP contribution in [0.25, 0.3) is 0 Å². The van der Waals surface area contributed by atoms with E-state index in [0.717, 1.165) is 0 Å². The lowest BCUT2D eigenvalue weighted by Gasteiger charge is -2.18. The van der Waals surface area contributed by atoms with Gasteiger partial charge in [-0.15, -0.1) is 0 Å². The second kappa shape index (κ2) is 7.55. The molecule has 138 valence electrons. The first-order valence-electron chi connectivity index (χ1n) is 8.19. The summed E-state index contributed by atoms with van der Waals surface area (Å²) >= 11 is 5.82. The van der Waals surface area contributed by atoms with Gasteiger partial charge in [-0.1, -0.05) is 11.6 Å². The number of hydrogen-bond donors (Lipinski definition) is 1. The maximum absolute atomic E-state index is 12.3. The van der Waals surface area contributed by atoms with Crippen LogP contribution < -0.4 is 14.4 Å². The molecular weight excluding hydrogens is 376 g/mol. The molecule has 0 saturated carbocycles. The molecule has 0 spiro atoms. The molecule has 1 heterocycles. The van der Waals surface area contributed by atoms with Gasteiger partial charge in [0, 0.05) is 17.3 Å². The number of nitrogens with one attached hydrogen (secondary N) is 1. The lowest BCUT2D eigenvalue weighted by molar-refractivity contribution is -0.122. The van der Waals surface area contributed by atoms with Crippen molar-refractivity contribution >= 4 is 38.9 Å². The zero-order valence-electron chi connectivity index (χ0n) is 14.2. The van der Waals surface area contributed by atoms with Crippen LogP contribution in [0.1, 0.15) is 13.3 Å². The third-order valence-corrected chi connectivity index (χ3v) is 6.14. The highest BCUT2D eigenvalue weighted by Crippen LogP contribution is 2.25. The van der Waals surface area contributed by atoms with Crippen LogP contribution in [-0.4, -0.2) is 32.7 Å². The normalized spacial score (nSPS) is 16.9. The van der Waals surface area contributed by atoms with E-state index in [1.807, 2.05) is 0 Å². The topological polar surface area (TPSA) is 75.7 Å². The van der Waals surface area contributed by atoms with E-state index in [4.69, 9.17) is 16.3 Å². The molecule has 1 N–H and O–H groups in total. The Labute approximate surface area is 157 Å². The Kier molecular flexibility index (Phi) is 5.38. The van der Waals surface area contributed by atoms with E-state index in [0.29, 0.717) is 35.1 Å². The van der Waals surface area contributed by atoms with Crippen molar-refractivity contribution in [1.29, 1.82) is 0 Å². The number of hydrogen-bond acceptors (Lipinski definition) is 4. The summed E-state index contributed by atoms with van der Waals surface area (Å²) in [6.45, 7) is 2.13. The number of carbonyl (C=O) groups is 1. The van der Waals surface area contributed by atoms with Crippen molar-refractivity contribution in [3.05, 3.63) is 53.6 Å². The Morgan fingerprint density at radius 3 is 2.38 bits per heavy atom. The Morgan fingerprint density at radius 1 is 1.15 bits per heavy atom. The summed E-state index contributed by atoms with van der Waals surface area (Å²) in [6, 6.07) is 13.5. The summed E-state index contributed by atoms with van der Waals surface area (Å²) in [4.78, 5) is 12.3. The van der Waals surface area contributed by atoms with E-state index in [1.54, 1.807) is 55.5 Å². The van der Waals surface area contributed by atoms with E-state index in [2.05, 4.69) is 5.32 Å². The number of sulfonamides is 1. The highest BCUT2D eigenvalue weighted by atomic mass is 35.5. The summed E-state index contributed by atoms with van der Waals surface area (Å²) in [5, 5.41) is 3.35. The summed E-state index contributed by atoms with van der Waals surface area (Å²) in [5.74, 6) is 0.415. The molecule has 1 amide bonds. The van der Waals surface area contributed by atoms with Gasteiger partial charge in [0.15, 0.2) is 6.10 Å². The van der Waals surface area contributed by atoms with Crippen molar-refractivity contribution in [2.75, 3.05) is 21.9 Å². The van der Waals surface area contributed by atoms with Crippen molar-refractivity contribution in [1.82, 2.24) is 0 Å². The summed E-state index contributed by atoms with van der Waals surface area (Å²) < 4.78 is 30.9. The van der Waals surface area contributed by atoms with Crippen LogP contribution in [0.4, 0.5) is 11.4 Å². The van der Waals surface area contributed by atoms with Crippen molar-refractivity contribution in [3.63, 3.8) is 0 Å². The van der Waals surface area contributed by atoms with Crippen LogP contribution >= 0.6 is 11.6 Å². The molecule has 8 heteroatoms. The number of amides is 1. The summed E-state index contributed by atoms with van der Waals surface area (Å²) in [5.41, 5.74) is 1.17. The van der Waals surface area contributed by atoms with Gasteiger partial charge >= 0.3 is 0 Å². The zero-order valence-corrected chi connectivity index (χ0v) is 15.8. The van der Waals surface area contributed by atoms with Crippen LogP contribution in [0.5, 0.6) is 5.75 Å². The maximum Gasteiger partial charge on any atom is 0.265 e. The Balaban J connectivity index is 1.61. The third kappa shape index (κ3) is 4.28. The molecule has 6 nitrogen and oxygen atoms in total. The summed E-state index contributed by atoms with van der Waals surface area (Å²) in [6.07, 6.45) is -0.0739. The molecular formula is C18H19ClN2O4S. The summed E-state index contributed by atoms with van der Waals surface area (Å²) in [7, 11) is -3.21. The first-order valence-corrected chi connectivity index (χ1v) is 10.2. The molecule has 1 fully saturated rings.